The molecular weight excluding hydrogens is 436 g/mol. The lowest BCUT2D eigenvalue weighted by Gasteiger charge is -2.10. The number of carbonyl (C=O) groups is 1. The van der Waals surface area contributed by atoms with Crippen molar-refractivity contribution in [2.24, 2.45) is 0 Å². The molecular formula is C20H20N6O5S. The minimum absolute atomic E-state index is 0.0133. The van der Waals surface area contributed by atoms with Crippen LogP contribution >= 0.6 is 11.3 Å². The van der Waals surface area contributed by atoms with Crippen LogP contribution in [0.3, 0.4) is 0 Å². The molecule has 166 valence electrons. The molecule has 4 aromatic heterocycles. The normalized spacial score (nSPS) is 11.3. The number of thiophene rings is 1. The first-order valence-corrected chi connectivity index (χ1v) is 10.5. The van der Waals surface area contributed by atoms with Crippen LogP contribution in [0.1, 0.15) is 44.0 Å². The fourth-order valence-corrected chi connectivity index (χ4v) is 4.59. The van der Waals surface area contributed by atoms with Crippen LogP contribution in [0.5, 0.6) is 0 Å². The molecule has 4 aromatic rings. The van der Waals surface area contributed by atoms with Gasteiger partial charge in [0.25, 0.3) is 5.56 Å². The summed E-state index contributed by atoms with van der Waals surface area (Å²) < 4.78 is 8.16. The fraction of sp³-hybridized carbons (Fsp3) is 0.300. The molecule has 0 aliphatic heterocycles. The standard InChI is InChI=1S/C20H20N6O5S/c1-9-12(4)32-19-16(9)20(28)25(13(5)21-19)23-18(27)15-7-6-14(31-15)8-24-11(3)17(26(29)30)10(2)22-24/h6-7H,8H2,1-5H3,(H,23,27). The Bertz CT molecular complexity index is 1460. The number of nitrogens with zero attached hydrogens (tertiary/aromatic N) is 5. The first-order valence-electron chi connectivity index (χ1n) is 9.66. The van der Waals surface area contributed by atoms with Gasteiger partial charge >= 0.3 is 11.6 Å². The quantitative estimate of drug-likeness (QED) is 0.360. The number of fused-ring (bicyclic) bond motifs is 1. The van der Waals surface area contributed by atoms with Crippen molar-refractivity contribution >= 4 is 33.1 Å². The van der Waals surface area contributed by atoms with E-state index >= 15 is 0 Å². The van der Waals surface area contributed by atoms with Crippen LogP contribution in [-0.4, -0.2) is 30.3 Å². The highest BCUT2D eigenvalue weighted by molar-refractivity contribution is 7.18. The van der Waals surface area contributed by atoms with Crippen LogP contribution in [0, 0.1) is 44.7 Å². The average molecular weight is 456 g/mol. The predicted molar refractivity (Wildman–Crippen MR) is 118 cm³/mol. The van der Waals surface area contributed by atoms with Crippen molar-refractivity contribution < 1.29 is 14.1 Å². The number of carbonyl (C=O) groups excluding carboxylic acids is 1. The van der Waals surface area contributed by atoms with E-state index in [9.17, 15) is 19.7 Å². The van der Waals surface area contributed by atoms with Gasteiger partial charge in [0, 0.05) is 4.88 Å². The minimum Gasteiger partial charge on any atom is -0.454 e. The molecule has 1 N–H and O–H groups in total. The Hall–Kier alpha value is -3.80. The summed E-state index contributed by atoms with van der Waals surface area (Å²) in [6.45, 7) is 8.68. The molecule has 0 aliphatic rings. The van der Waals surface area contributed by atoms with Crippen molar-refractivity contribution in [2.75, 3.05) is 5.43 Å². The van der Waals surface area contributed by atoms with Gasteiger partial charge in [0.1, 0.15) is 27.8 Å². The molecule has 0 saturated heterocycles. The number of nitrogens with one attached hydrogen (secondary N) is 1. The Labute approximate surface area is 185 Å². The molecule has 0 aliphatic carbocycles. The van der Waals surface area contributed by atoms with E-state index in [1.54, 1.807) is 26.8 Å². The molecule has 0 atom stereocenters. The average Bonchev–Trinajstić information content (AvgIpc) is 3.36. The van der Waals surface area contributed by atoms with E-state index in [-0.39, 0.29) is 23.6 Å². The van der Waals surface area contributed by atoms with E-state index < -0.39 is 10.8 Å². The number of hydrogen-bond donors (Lipinski definition) is 1. The van der Waals surface area contributed by atoms with Gasteiger partial charge in [-0.1, -0.05) is 0 Å². The number of aryl methyl sites for hydroxylation is 4. The maximum atomic E-state index is 12.9. The lowest BCUT2D eigenvalue weighted by molar-refractivity contribution is -0.386. The molecule has 0 fully saturated rings. The van der Waals surface area contributed by atoms with Gasteiger partial charge < -0.3 is 4.42 Å². The highest BCUT2D eigenvalue weighted by Crippen LogP contribution is 2.26. The summed E-state index contributed by atoms with van der Waals surface area (Å²) in [4.78, 5) is 42.4. The van der Waals surface area contributed by atoms with Gasteiger partial charge in [-0.25, -0.2) is 9.66 Å². The molecule has 0 unspecified atom stereocenters. The van der Waals surface area contributed by atoms with E-state index in [0.717, 1.165) is 15.1 Å². The third-order valence-corrected chi connectivity index (χ3v) is 6.40. The van der Waals surface area contributed by atoms with Crippen LogP contribution in [-0.2, 0) is 6.54 Å². The Morgan fingerprint density at radius 2 is 1.97 bits per heavy atom. The second kappa shape index (κ2) is 7.71. The van der Waals surface area contributed by atoms with E-state index in [2.05, 4.69) is 15.5 Å². The summed E-state index contributed by atoms with van der Waals surface area (Å²) in [6, 6.07) is 3.05. The third kappa shape index (κ3) is 3.47. The monoisotopic (exact) mass is 456 g/mol. The van der Waals surface area contributed by atoms with E-state index in [0.29, 0.717) is 33.2 Å². The van der Waals surface area contributed by atoms with Crippen molar-refractivity contribution in [3.8, 4) is 0 Å². The largest absolute Gasteiger partial charge is 0.454 e. The van der Waals surface area contributed by atoms with Gasteiger partial charge in [0.15, 0.2) is 5.76 Å². The summed E-state index contributed by atoms with van der Waals surface area (Å²) in [5.41, 5.74) is 3.66. The molecule has 0 saturated carbocycles. The Balaban J connectivity index is 1.59. The molecule has 1 amide bonds. The Morgan fingerprint density at radius 1 is 1.25 bits per heavy atom. The van der Waals surface area contributed by atoms with Gasteiger partial charge in [-0.15, -0.1) is 11.3 Å². The number of rotatable bonds is 5. The zero-order valence-electron chi connectivity index (χ0n) is 18.0. The molecule has 0 aromatic carbocycles. The summed E-state index contributed by atoms with van der Waals surface area (Å²) in [5.74, 6) is 0.101. The zero-order valence-corrected chi connectivity index (χ0v) is 18.9. The molecule has 0 radical (unpaired) electrons. The number of aromatic nitrogens is 4. The van der Waals surface area contributed by atoms with Crippen molar-refractivity contribution in [2.45, 2.75) is 41.2 Å². The molecule has 32 heavy (non-hydrogen) atoms. The van der Waals surface area contributed by atoms with Crippen molar-refractivity contribution in [1.29, 1.82) is 0 Å². The first kappa shape index (κ1) is 21.4. The molecule has 11 nitrogen and oxygen atoms in total. The number of hydrogen-bond acceptors (Lipinski definition) is 8. The maximum absolute atomic E-state index is 12.9. The lowest BCUT2D eigenvalue weighted by atomic mass is 10.2. The van der Waals surface area contributed by atoms with Gasteiger partial charge in [-0.3, -0.25) is 29.8 Å². The summed E-state index contributed by atoms with van der Waals surface area (Å²) >= 11 is 1.43. The van der Waals surface area contributed by atoms with Crippen LogP contribution in [0.2, 0.25) is 0 Å². The van der Waals surface area contributed by atoms with Crippen molar-refractivity contribution in [3.63, 3.8) is 0 Å². The minimum atomic E-state index is -0.619. The molecule has 4 rings (SSSR count). The van der Waals surface area contributed by atoms with E-state index in [4.69, 9.17) is 4.42 Å². The first-order chi connectivity index (χ1) is 15.1. The van der Waals surface area contributed by atoms with Crippen LogP contribution in [0.25, 0.3) is 10.2 Å². The van der Waals surface area contributed by atoms with Crippen LogP contribution in [0.4, 0.5) is 5.69 Å². The molecule has 0 spiro atoms. The SMILES string of the molecule is Cc1nn(Cc2ccc(C(=O)Nn3c(C)nc4sc(C)c(C)c4c3=O)o2)c(C)c1[N+](=O)[O-]. The summed E-state index contributed by atoms with van der Waals surface area (Å²) in [7, 11) is 0. The molecule has 12 heteroatoms. The topological polar surface area (TPSA) is 138 Å². The lowest BCUT2D eigenvalue weighted by Crippen LogP contribution is -2.35. The fourth-order valence-electron chi connectivity index (χ4n) is 3.52. The van der Waals surface area contributed by atoms with Gasteiger partial charge in [-0.05, 0) is 52.3 Å². The molecule has 0 bridgehead atoms. The third-order valence-electron chi connectivity index (χ3n) is 5.30. The van der Waals surface area contributed by atoms with E-state index in [1.165, 1.54) is 22.1 Å². The smallest absolute Gasteiger partial charge is 0.312 e. The second-order valence-electron chi connectivity index (χ2n) is 7.40. The van der Waals surface area contributed by atoms with Gasteiger partial charge in [-0.2, -0.15) is 5.10 Å². The Kier molecular flexibility index (Phi) is 5.17. The highest BCUT2D eigenvalue weighted by Gasteiger charge is 2.23. The van der Waals surface area contributed by atoms with Gasteiger partial charge in [0.05, 0.1) is 16.9 Å². The van der Waals surface area contributed by atoms with Crippen LogP contribution < -0.4 is 11.0 Å². The zero-order chi connectivity index (χ0) is 23.3. The maximum Gasteiger partial charge on any atom is 0.312 e. The second-order valence-corrected chi connectivity index (χ2v) is 8.61. The Morgan fingerprint density at radius 3 is 2.62 bits per heavy atom. The predicted octanol–water partition coefficient (Wildman–Crippen LogP) is 3.13. The summed E-state index contributed by atoms with van der Waals surface area (Å²) in [5, 5.41) is 15.8. The van der Waals surface area contributed by atoms with Crippen molar-refractivity contribution in [3.05, 3.63) is 71.8 Å². The number of furan rings is 1. The molecule has 4 heterocycles. The summed E-state index contributed by atoms with van der Waals surface area (Å²) in [6.07, 6.45) is 0. The van der Waals surface area contributed by atoms with Gasteiger partial charge in [0.2, 0.25) is 0 Å². The number of nitro groups is 1. The number of amides is 1. The van der Waals surface area contributed by atoms with E-state index in [1.807, 2.05) is 13.8 Å². The van der Waals surface area contributed by atoms with Crippen LogP contribution in [0.15, 0.2) is 21.3 Å². The van der Waals surface area contributed by atoms with Crippen molar-refractivity contribution in [1.82, 2.24) is 19.4 Å². The highest BCUT2D eigenvalue weighted by atomic mass is 32.1.